The van der Waals surface area contributed by atoms with Crippen molar-refractivity contribution in [1.82, 2.24) is 5.32 Å². The molecule has 6 heteroatoms. The molecule has 0 aliphatic rings. The van der Waals surface area contributed by atoms with E-state index in [1.807, 2.05) is 31.4 Å². The van der Waals surface area contributed by atoms with E-state index in [1.165, 1.54) is 11.3 Å². The number of carboxylic acids is 1. The number of carbonyl (C=O) groups excluding carboxylic acids is 1. The fourth-order valence-electron chi connectivity index (χ4n) is 2.08. The maximum absolute atomic E-state index is 12.2. The molecule has 0 saturated heterocycles. The van der Waals surface area contributed by atoms with Crippen LogP contribution in [0.5, 0.6) is 0 Å². The van der Waals surface area contributed by atoms with Crippen LogP contribution >= 0.6 is 11.3 Å². The third kappa shape index (κ3) is 6.73. The Morgan fingerprint density at radius 2 is 2.10 bits per heavy atom. The molecule has 21 heavy (non-hydrogen) atoms. The van der Waals surface area contributed by atoms with Crippen molar-refractivity contribution in [2.75, 3.05) is 0 Å². The number of rotatable bonds is 9. The molecule has 1 aromatic rings. The van der Waals surface area contributed by atoms with Gasteiger partial charge in [0.05, 0.1) is 12.5 Å². The number of thiophene rings is 1. The van der Waals surface area contributed by atoms with E-state index in [2.05, 4.69) is 5.32 Å². The zero-order valence-electron chi connectivity index (χ0n) is 12.5. The fourth-order valence-corrected chi connectivity index (χ4v) is 2.86. The SMILES string of the molecule is CC(N)CCCC(C)C(=O)NC(CC(=O)O)c1cccs1. The van der Waals surface area contributed by atoms with Gasteiger partial charge in [-0.25, -0.2) is 0 Å². The third-order valence-corrected chi connectivity index (χ3v) is 4.31. The van der Waals surface area contributed by atoms with Gasteiger partial charge in [-0.15, -0.1) is 11.3 Å². The van der Waals surface area contributed by atoms with E-state index < -0.39 is 12.0 Å². The lowest BCUT2D eigenvalue weighted by Crippen LogP contribution is -2.33. The van der Waals surface area contributed by atoms with Crippen molar-refractivity contribution in [3.8, 4) is 0 Å². The van der Waals surface area contributed by atoms with Gasteiger partial charge in [0.1, 0.15) is 0 Å². The van der Waals surface area contributed by atoms with Gasteiger partial charge in [0.2, 0.25) is 5.91 Å². The van der Waals surface area contributed by atoms with Crippen molar-refractivity contribution in [2.24, 2.45) is 11.7 Å². The molecule has 4 N–H and O–H groups in total. The first-order chi connectivity index (χ1) is 9.90. The lowest BCUT2D eigenvalue weighted by atomic mass is 10.0. The molecule has 0 aliphatic heterocycles. The molecule has 0 bridgehead atoms. The summed E-state index contributed by atoms with van der Waals surface area (Å²) in [7, 11) is 0. The fraction of sp³-hybridized carbons (Fsp3) is 0.600. The molecular weight excluding hydrogens is 288 g/mol. The summed E-state index contributed by atoms with van der Waals surface area (Å²) in [5, 5.41) is 13.7. The first kappa shape index (κ1) is 17.7. The van der Waals surface area contributed by atoms with E-state index in [9.17, 15) is 9.59 Å². The highest BCUT2D eigenvalue weighted by atomic mass is 32.1. The summed E-state index contributed by atoms with van der Waals surface area (Å²) in [4.78, 5) is 24.0. The van der Waals surface area contributed by atoms with Crippen molar-refractivity contribution >= 4 is 23.2 Å². The van der Waals surface area contributed by atoms with E-state index in [0.29, 0.717) is 0 Å². The molecule has 1 aromatic heterocycles. The predicted molar refractivity (Wildman–Crippen MR) is 84.1 cm³/mol. The molecular formula is C15H24N2O3S. The number of carboxylic acid groups (broad SMARTS) is 1. The molecule has 0 saturated carbocycles. The van der Waals surface area contributed by atoms with Crippen LogP contribution in [-0.2, 0) is 9.59 Å². The summed E-state index contributed by atoms with van der Waals surface area (Å²) in [6, 6.07) is 3.39. The topological polar surface area (TPSA) is 92.4 Å². The summed E-state index contributed by atoms with van der Waals surface area (Å²) in [6.45, 7) is 3.81. The predicted octanol–water partition coefficient (Wildman–Crippen LogP) is 2.53. The Bertz CT molecular complexity index is 446. The van der Waals surface area contributed by atoms with E-state index in [1.54, 1.807) is 0 Å². The number of nitrogens with one attached hydrogen (secondary N) is 1. The number of amides is 1. The molecule has 0 spiro atoms. The molecule has 3 unspecified atom stereocenters. The molecule has 3 atom stereocenters. The summed E-state index contributed by atoms with van der Waals surface area (Å²) in [5.74, 6) is -1.15. The minimum absolute atomic E-state index is 0.0978. The van der Waals surface area contributed by atoms with Gasteiger partial charge in [0.25, 0.3) is 0 Å². The first-order valence-electron chi connectivity index (χ1n) is 7.21. The maximum atomic E-state index is 12.2. The van der Waals surface area contributed by atoms with Crippen molar-refractivity contribution in [2.45, 2.75) is 51.6 Å². The van der Waals surface area contributed by atoms with Gasteiger partial charge in [0, 0.05) is 16.8 Å². The van der Waals surface area contributed by atoms with Crippen LogP contribution in [0.4, 0.5) is 0 Å². The van der Waals surface area contributed by atoms with E-state index >= 15 is 0 Å². The molecule has 0 aliphatic carbocycles. The second-order valence-corrected chi connectivity index (χ2v) is 6.46. The Balaban J connectivity index is 2.53. The van der Waals surface area contributed by atoms with E-state index in [0.717, 1.165) is 24.1 Å². The molecule has 1 rings (SSSR count). The van der Waals surface area contributed by atoms with Gasteiger partial charge < -0.3 is 16.2 Å². The molecule has 118 valence electrons. The lowest BCUT2D eigenvalue weighted by molar-refractivity contribution is -0.137. The first-order valence-corrected chi connectivity index (χ1v) is 8.09. The molecule has 0 aromatic carbocycles. The largest absolute Gasteiger partial charge is 0.481 e. The summed E-state index contributed by atoms with van der Waals surface area (Å²) in [5.41, 5.74) is 5.69. The average Bonchev–Trinajstić information content (AvgIpc) is 2.90. The molecule has 0 fully saturated rings. The van der Waals surface area contributed by atoms with Crippen LogP contribution in [0.3, 0.4) is 0 Å². The minimum Gasteiger partial charge on any atom is -0.481 e. The quantitative estimate of drug-likeness (QED) is 0.653. The molecule has 5 nitrogen and oxygen atoms in total. The second kappa shape index (κ2) is 8.79. The minimum atomic E-state index is -0.918. The number of nitrogens with two attached hydrogens (primary N) is 1. The van der Waals surface area contributed by atoms with Gasteiger partial charge in [-0.1, -0.05) is 19.4 Å². The Hall–Kier alpha value is -1.40. The molecule has 1 amide bonds. The highest BCUT2D eigenvalue weighted by Crippen LogP contribution is 2.23. The summed E-state index contributed by atoms with van der Waals surface area (Å²) >= 11 is 1.45. The Morgan fingerprint density at radius 1 is 1.38 bits per heavy atom. The Kier molecular flexibility index (Phi) is 7.39. The number of hydrogen-bond donors (Lipinski definition) is 3. The number of hydrogen-bond acceptors (Lipinski definition) is 4. The van der Waals surface area contributed by atoms with Gasteiger partial charge in [-0.3, -0.25) is 9.59 Å². The van der Waals surface area contributed by atoms with Crippen molar-refractivity contribution in [1.29, 1.82) is 0 Å². The average molecular weight is 312 g/mol. The molecule has 0 radical (unpaired) electrons. The lowest BCUT2D eigenvalue weighted by Gasteiger charge is -2.19. The van der Waals surface area contributed by atoms with Crippen LogP contribution in [0.2, 0.25) is 0 Å². The highest BCUT2D eigenvalue weighted by Gasteiger charge is 2.21. The normalized spacial score (nSPS) is 15.2. The highest BCUT2D eigenvalue weighted by molar-refractivity contribution is 7.10. The molecule has 1 heterocycles. The summed E-state index contributed by atoms with van der Waals surface area (Å²) < 4.78 is 0. The zero-order valence-corrected chi connectivity index (χ0v) is 13.4. The van der Waals surface area contributed by atoms with Crippen LogP contribution in [0.15, 0.2) is 17.5 Å². The van der Waals surface area contributed by atoms with E-state index in [4.69, 9.17) is 10.8 Å². The van der Waals surface area contributed by atoms with Crippen molar-refractivity contribution in [3.63, 3.8) is 0 Å². The zero-order chi connectivity index (χ0) is 15.8. The number of aliphatic carboxylic acids is 1. The van der Waals surface area contributed by atoms with Crippen LogP contribution in [0.1, 0.15) is 50.4 Å². The van der Waals surface area contributed by atoms with Gasteiger partial charge >= 0.3 is 5.97 Å². The maximum Gasteiger partial charge on any atom is 0.305 e. The van der Waals surface area contributed by atoms with Gasteiger partial charge in [0.15, 0.2) is 0 Å². The van der Waals surface area contributed by atoms with Crippen LogP contribution in [-0.4, -0.2) is 23.0 Å². The Morgan fingerprint density at radius 3 is 2.62 bits per heavy atom. The van der Waals surface area contributed by atoms with E-state index in [-0.39, 0.29) is 24.3 Å². The number of carbonyl (C=O) groups is 2. The van der Waals surface area contributed by atoms with Crippen LogP contribution in [0.25, 0.3) is 0 Å². The van der Waals surface area contributed by atoms with Crippen LogP contribution in [0, 0.1) is 5.92 Å². The van der Waals surface area contributed by atoms with Crippen LogP contribution < -0.4 is 11.1 Å². The summed E-state index contributed by atoms with van der Waals surface area (Å²) in [6.07, 6.45) is 2.45. The third-order valence-electron chi connectivity index (χ3n) is 3.33. The standard InChI is InChI=1S/C15H24N2O3S/c1-10(5-3-6-11(2)16)15(20)17-12(9-14(18)19)13-7-4-8-21-13/h4,7-8,10-12H,3,5-6,9,16H2,1-2H3,(H,17,20)(H,18,19). The Labute approximate surface area is 129 Å². The monoisotopic (exact) mass is 312 g/mol. The smallest absolute Gasteiger partial charge is 0.305 e. The second-order valence-electron chi connectivity index (χ2n) is 5.48. The van der Waals surface area contributed by atoms with Gasteiger partial charge in [-0.05, 0) is 31.2 Å². The van der Waals surface area contributed by atoms with Gasteiger partial charge in [-0.2, -0.15) is 0 Å². The van der Waals surface area contributed by atoms with Crippen molar-refractivity contribution in [3.05, 3.63) is 22.4 Å². The van der Waals surface area contributed by atoms with Crippen molar-refractivity contribution < 1.29 is 14.7 Å².